The molecular weight excluding hydrogens is 575 g/mol. The number of nitrogens with zero attached hydrogens (tertiary/aromatic N) is 2. The molecule has 14 heteroatoms. The van der Waals surface area contributed by atoms with Gasteiger partial charge in [-0.1, -0.05) is 18.5 Å². The first kappa shape index (κ1) is 31.7. The summed E-state index contributed by atoms with van der Waals surface area (Å²) in [5.41, 5.74) is 0.0983. The lowest BCUT2D eigenvalue weighted by atomic mass is 9.99. The summed E-state index contributed by atoms with van der Waals surface area (Å²) >= 11 is 5.89. The first-order valence-corrected chi connectivity index (χ1v) is 14.2. The van der Waals surface area contributed by atoms with E-state index in [0.29, 0.717) is 5.02 Å². The van der Waals surface area contributed by atoms with Gasteiger partial charge in [-0.3, -0.25) is 9.59 Å². The minimum atomic E-state index is -4.49. The molecule has 3 rings (SSSR count). The van der Waals surface area contributed by atoms with Crippen LogP contribution in [0.25, 0.3) is 0 Å². The molecule has 0 unspecified atom stereocenters. The molecule has 2 aromatic carbocycles. The Morgan fingerprint density at radius 2 is 1.90 bits per heavy atom. The second kappa shape index (κ2) is 12.8. The fourth-order valence-corrected chi connectivity index (χ4v) is 5.44. The lowest BCUT2D eigenvalue weighted by molar-refractivity contribution is -0.142. The van der Waals surface area contributed by atoms with Gasteiger partial charge in [-0.25, -0.2) is 8.42 Å². The number of alkyl halides is 3. The summed E-state index contributed by atoms with van der Waals surface area (Å²) in [4.78, 5) is 27.0. The molecule has 1 aliphatic heterocycles. The third-order valence-electron chi connectivity index (χ3n) is 6.54. The van der Waals surface area contributed by atoms with Crippen LogP contribution in [-0.4, -0.2) is 79.6 Å². The Bertz CT molecular complexity index is 1320. The van der Waals surface area contributed by atoms with Crippen molar-refractivity contribution in [3.63, 3.8) is 0 Å². The highest BCUT2D eigenvalue weighted by Gasteiger charge is 2.35. The molecule has 0 radical (unpaired) electrons. The zero-order valence-corrected chi connectivity index (χ0v) is 23.7. The number of anilines is 1. The second-order valence-corrected chi connectivity index (χ2v) is 12.2. The Labute approximate surface area is 235 Å². The number of carbonyl (C=O) groups excluding carboxylic acids is 2. The fraction of sp³-hybridized carbons (Fsp3) is 0.462. The molecule has 0 bridgehead atoms. The number of hydrogen-bond donors (Lipinski definition) is 2. The van der Waals surface area contributed by atoms with Crippen molar-refractivity contribution in [2.75, 3.05) is 32.1 Å². The van der Waals surface area contributed by atoms with Gasteiger partial charge in [0.15, 0.2) is 0 Å². The molecule has 1 heterocycles. The summed E-state index contributed by atoms with van der Waals surface area (Å²) in [6.07, 6.45) is -7.31. The number of aliphatic hydroxyl groups excluding tert-OH is 1. The SMILES string of the molecule is C[C@H]1CN([C@@H](C)CO)C(=O)c2cc(NC(=O)CCC(F)(F)F)ccc2O[C@@H]1CN(C)S(=O)(=O)c1ccc(Cl)cc1. The van der Waals surface area contributed by atoms with E-state index < -0.39 is 53.0 Å². The van der Waals surface area contributed by atoms with Crippen LogP contribution in [0, 0.1) is 5.92 Å². The van der Waals surface area contributed by atoms with Crippen molar-refractivity contribution in [3.05, 3.63) is 53.1 Å². The molecule has 9 nitrogen and oxygen atoms in total. The van der Waals surface area contributed by atoms with Gasteiger partial charge in [0.05, 0.1) is 36.1 Å². The highest BCUT2D eigenvalue weighted by Crippen LogP contribution is 2.31. The van der Waals surface area contributed by atoms with Crippen molar-refractivity contribution < 1.29 is 41.0 Å². The van der Waals surface area contributed by atoms with Crippen LogP contribution in [-0.2, 0) is 14.8 Å². The van der Waals surface area contributed by atoms with E-state index in [1.54, 1.807) is 13.8 Å². The molecule has 0 aliphatic carbocycles. The highest BCUT2D eigenvalue weighted by atomic mass is 35.5. The average Bonchev–Trinajstić information content (AvgIpc) is 2.89. The van der Waals surface area contributed by atoms with E-state index in [1.165, 1.54) is 54.4 Å². The lowest BCUT2D eigenvalue weighted by Gasteiger charge is -2.38. The lowest BCUT2D eigenvalue weighted by Crippen LogP contribution is -2.50. The molecule has 40 heavy (non-hydrogen) atoms. The van der Waals surface area contributed by atoms with Gasteiger partial charge >= 0.3 is 6.18 Å². The summed E-state index contributed by atoms with van der Waals surface area (Å²) in [5, 5.41) is 12.5. The van der Waals surface area contributed by atoms with E-state index in [9.17, 15) is 36.3 Å². The predicted octanol–water partition coefficient (Wildman–Crippen LogP) is 4.16. The highest BCUT2D eigenvalue weighted by molar-refractivity contribution is 7.89. The maximum Gasteiger partial charge on any atom is 0.389 e. The number of ether oxygens (including phenoxy) is 1. The minimum Gasteiger partial charge on any atom is -0.488 e. The topological polar surface area (TPSA) is 116 Å². The van der Waals surface area contributed by atoms with Gasteiger partial charge in [0, 0.05) is 36.6 Å². The first-order valence-electron chi connectivity index (χ1n) is 12.4. The molecule has 1 aliphatic rings. The Kier molecular flexibility index (Phi) is 10.1. The van der Waals surface area contributed by atoms with Crippen LogP contribution in [0.15, 0.2) is 47.4 Å². The molecule has 0 saturated heterocycles. The number of benzene rings is 2. The van der Waals surface area contributed by atoms with Gasteiger partial charge < -0.3 is 20.1 Å². The molecule has 2 N–H and O–H groups in total. The normalized spacial score (nSPS) is 18.9. The Hall–Kier alpha value is -2.87. The number of carbonyl (C=O) groups is 2. The van der Waals surface area contributed by atoms with Crippen molar-refractivity contribution >= 4 is 39.1 Å². The monoisotopic (exact) mass is 605 g/mol. The molecule has 0 aromatic heterocycles. The Morgan fingerprint density at radius 1 is 1.25 bits per heavy atom. The van der Waals surface area contributed by atoms with Crippen LogP contribution in [0.2, 0.25) is 5.02 Å². The number of amides is 2. The quantitative estimate of drug-likeness (QED) is 0.443. The number of aliphatic hydroxyl groups is 1. The van der Waals surface area contributed by atoms with Gasteiger partial charge in [0.1, 0.15) is 11.9 Å². The van der Waals surface area contributed by atoms with E-state index in [-0.39, 0.29) is 47.5 Å². The molecule has 3 atom stereocenters. The molecule has 220 valence electrons. The second-order valence-electron chi connectivity index (χ2n) is 9.74. The molecule has 0 spiro atoms. The van der Waals surface area contributed by atoms with Crippen LogP contribution in [0.4, 0.5) is 18.9 Å². The zero-order valence-electron chi connectivity index (χ0n) is 22.1. The summed E-state index contributed by atoms with van der Waals surface area (Å²) < 4.78 is 71.1. The molecule has 0 fully saturated rings. The van der Waals surface area contributed by atoms with Crippen LogP contribution in [0.1, 0.15) is 37.0 Å². The molecule has 2 amide bonds. The zero-order chi connectivity index (χ0) is 29.8. The Balaban J connectivity index is 1.91. The number of sulfonamides is 1. The van der Waals surface area contributed by atoms with Crippen LogP contribution >= 0.6 is 11.6 Å². The van der Waals surface area contributed by atoms with Gasteiger partial charge in [0.2, 0.25) is 15.9 Å². The smallest absolute Gasteiger partial charge is 0.389 e. The van der Waals surface area contributed by atoms with Crippen LogP contribution in [0.3, 0.4) is 0 Å². The van der Waals surface area contributed by atoms with Crippen molar-refractivity contribution in [2.45, 2.75) is 49.9 Å². The number of rotatable bonds is 9. The maximum atomic E-state index is 13.5. The summed E-state index contributed by atoms with van der Waals surface area (Å²) in [7, 11) is -2.51. The Morgan fingerprint density at radius 3 is 2.50 bits per heavy atom. The van der Waals surface area contributed by atoms with E-state index in [2.05, 4.69) is 5.32 Å². The van der Waals surface area contributed by atoms with E-state index in [4.69, 9.17) is 16.3 Å². The maximum absolute atomic E-state index is 13.5. The molecule has 2 aromatic rings. The van der Waals surface area contributed by atoms with Crippen molar-refractivity contribution in [1.29, 1.82) is 0 Å². The van der Waals surface area contributed by atoms with Crippen molar-refractivity contribution in [2.24, 2.45) is 5.92 Å². The summed E-state index contributed by atoms with van der Waals surface area (Å²) in [6.45, 7) is 3.11. The number of nitrogens with one attached hydrogen (secondary N) is 1. The number of likely N-dealkylation sites (N-methyl/N-ethyl adjacent to an activating group) is 1. The number of fused-ring (bicyclic) bond motifs is 1. The van der Waals surface area contributed by atoms with Gasteiger partial charge in [-0.05, 0) is 49.4 Å². The number of halogens is 4. The summed E-state index contributed by atoms with van der Waals surface area (Å²) in [6, 6.07) is 9.17. The van der Waals surface area contributed by atoms with Gasteiger partial charge in [-0.15, -0.1) is 0 Å². The summed E-state index contributed by atoms with van der Waals surface area (Å²) in [5.74, 6) is -1.68. The standard InChI is InChI=1S/C26H31ClF3N3O6S/c1-16-13-33(17(2)15-34)25(36)21-12-19(31-24(35)10-11-26(28,29)30)6-9-22(21)39-23(16)14-32(3)40(37,38)20-7-4-18(27)5-8-20/h4-9,12,16-17,23,34H,10-11,13-15H2,1-3H3,(H,31,35)/t16-,17-,23+/m0/s1. The van der Waals surface area contributed by atoms with Crippen molar-refractivity contribution in [3.8, 4) is 5.75 Å². The van der Waals surface area contributed by atoms with Crippen LogP contribution in [0.5, 0.6) is 5.75 Å². The van der Waals surface area contributed by atoms with Gasteiger partial charge in [0.25, 0.3) is 5.91 Å². The number of hydrogen-bond acceptors (Lipinski definition) is 6. The third-order valence-corrected chi connectivity index (χ3v) is 8.63. The largest absolute Gasteiger partial charge is 0.488 e. The minimum absolute atomic E-state index is 0.00836. The predicted molar refractivity (Wildman–Crippen MR) is 143 cm³/mol. The van der Waals surface area contributed by atoms with Crippen molar-refractivity contribution in [1.82, 2.24) is 9.21 Å². The average molecular weight is 606 g/mol. The molecule has 0 saturated carbocycles. The van der Waals surface area contributed by atoms with Gasteiger partial charge in [-0.2, -0.15) is 17.5 Å². The van der Waals surface area contributed by atoms with E-state index in [1.807, 2.05) is 0 Å². The fourth-order valence-electron chi connectivity index (χ4n) is 4.14. The van der Waals surface area contributed by atoms with E-state index in [0.717, 1.165) is 4.31 Å². The van der Waals surface area contributed by atoms with E-state index >= 15 is 0 Å². The van der Waals surface area contributed by atoms with Crippen LogP contribution < -0.4 is 10.1 Å². The first-order chi connectivity index (χ1) is 18.6. The molecular formula is C26H31ClF3N3O6S. The third kappa shape index (κ3) is 7.87.